The molecule has 0 unspecified atom stereocenters. The summed E-state index contributed by atoms with van der Waals surface area (Å²) in [7, 11) is 0. The number of phenols is 1. The Balaban J connectivity index is 3.20. The van der Waals surface area contributed by atoms with Crippen molar-refractivity contribution < 1.29 is 9.50 Å². The van der Waals surface area contributed by atoms with Gasteiger partial charge in [0.1, 0.15) is 12.4 Å². The lowest BCUT2D eigenvalue weighted by Crippen LogP contribution is -2.12. The van der Waals surface area contributed by atoms with Crippen LogP contribution in [0.4, 0.5) is 4.39 Å². The van der Waals surface area contributed by atoms with Crippen LogP contribution in [0.5, 0.6) is 5.75 Å². The van der Waals surface area contributed by atoms with E-state index >= 15 is 0 Å². The zero-order chi connectivity index (χ0) is 10.0. The van der Waals surface area contributed by atoms with Crippen molar-refractivity contribution in [1.82, 2.24) is 0 Å². The van der Waals surface area contributed by atoms with E-state index in [1.807, 2.05) is 0 Å². The fraction of sp³-hybridized carbons (Fsp3) is 0.333. The van der Waals surface area contributed by atoms with Crippen molar-refractivity contribution in [2.75, 3.05) is 6.67 Å². The molecule has 0 aliphatic heterocycles. The van der Waals surface area contributed by atoms with Crippen molar-refractivity contribution in [3.63, 3.8) is 0 Å². The lowest BCUT2D eigenvalue weighted by Gasteiger charge is -2.12. The first-order valence-electron chi connectivity index (χ1n) is 3.86. The fourth-order valence-corrected chi connectivity index (χ4v) is 1.72. The molecule has 0 bridgehead atoms. The van der Waals surface area contributed by atoms with Crippen LogP contribution in [-0.2, 0) is 0 Å². The maximum atomic E-state index is 12.3. The zero-order valence-electron chi connectivity index (χ0n) is 7.22. The number of nitrogens with two attached hydrogens (primary N) is 1. The topological polar surface area (TPSA) is 46.2 Å². The number of aryl methyl sites for hydroxylation is 1. The van der Waals surface area contributed by atoms with Crippen LogP contribution in [0.15, 0.2) is 16.6 Å². The lowest BCUT2D eigenvalue weighted by atomic mass is 10.0. The molecule has 0 aliphatic rings. The molecule has 3 N–H and O–H groups in total. The minimum Gasteiger partial charge on any atom is -0.507 e. The summed E-state index contributed by atoms with van der Waals surface area (Å²) in [4.78, 5) is 0. The molecule has 0 amide bonds. The van der Waals surface area contributed by atoms with Crippen LogP contribution in [0.3, 0.4) is 0 Å². The van der Waals surface area contributed by atoms with Crippen LogP contribution in [0, 0.1) is 6.92 Å². The first-order chi connectivity index (χ1) is 6.06. The summed E-state index contributed by atoms with van der Waals surface area (Å²) in [5.74, 6) is 0.0772. The van der Waals surface area contributed by atoms with E-state index in [4.69, 9.17) is 5.73 Å². The van der Waals surface area contributed by atoms with Crippen molar-refractivity contribution in [2.24, 2.45) is 5.73 Å². The number of hydrogen-bond acceptors (Lipinski definition) is 2. The van der Waals surface area contributed by atoms with Gasteiger partial charge in [-0.2, -0.15) is 0 Å². The Bertz CT molecular complexity index is 317. The van der Waals surface area contributed by atoms with E-state index in [-0.39, 0.29) is 5.75 Å². The maximum Gasteiger partial charge on any atom is 0.123 e. The van der Waals surface area contributed by atoms with Crippen LogP contribution in [0.25, 0.3) is 0 Å². The Morgan fingerprint density at radius 2 is 2.23 bits per heavy atom. The molecule has 1 rings (SSSR count). The van der Waals surface area contributed by atoms with Gasteiger partial charge in [0.15, 0.2) is 0 Å². The van der Waals surface area contributed by atoms with Crippen LogP contribution in [0.1, 0.15) is 17.2 Å². The number of aromatic hydroxyl groups is 1. The molecule has 0 aromatic heterocycles. The Hall–Kier alpha value is -0.610. The van der Waals surface area contributed by atoms with Crippen LogP contribution in [0.2, 0.25) is 0 Å². The predicted molar refractivity (Wildman–Crippen MR) is 53.4 cm³/mol. The van der Waals surface area contributed by atoms with Gasteiger partial charge in [-0.15, -0.1) is 0 Å². The minimum atomic E-state index is -0.754. The smallest absolute Gasteiger partial charge is 0.123 e. The monoisotopic (exact) mass is 247 g/mol. The molecule has 0 radical (unpaired) electrons. The molecular formula is C9H11BrFNO. The van der Waals surface area contributed by atoms with Crippen molar-refractivity contribution in [2.45, 2.75) is 13.0 Å². The first kappa shape index (κ1) is 10.5. The molecule has 0 saturated carbocycles. The Morgan fingerprint density at radius 1 is 1.62 bits per heavy atom. The second-order valence-corrected chi connectivity index (χ2v) is 3.84. The van der Waals surface area contributed by atoms with Crippen molar-refractivity contribution in [1.29, 1.82) is 0 Å². The van der Waals surface area contributed by atoms with Crippen molar-refractivity contribution >= 4 is 15.9 Å². The van der Waals surface area contributed by atoms with Gasteiger partial charge >= 0.3 is 0 Å². The van der Waals surface area contributed by atoms with E-state index in [9.17, 15) is 9.50 Å². The third-order valence-corrected chi connectivity index (χ3v) is 2.32. The van der Waals surface area contributed by atoms with Gasteiger partial charge in [-0.25, -0.2) is 4.39 Å². The molecule has 0 heterocycles. The normalized spacial score (nSPS) is 12.9. The number of rotatable bonds is 2. The SMILES string of the molecule is Cc1cc(Br)cc([C@H](N)CF)c1O. The van der Waals surface area contributed by atoms with Gasteiger partial charge in [0.05, 0.1) is 6.04 Å². The summed E-state index contributed by atoms with van der Waals surface area (Å²) < 4.78 is 13.1. The van der Waals surface area contributed by atoms with Gasteiger partial charge in [0.2, 0.25) is 0 Å². The molecule has 2 nitrogen and oxygen atoms in total. The highest BCUT2D eigenvalue weighted by molar-refractivity contribution is 9.10. The Labute approximate surface area is 84.7 Å². The van der Waals surface area contributed by atoms with Gasteiger partial charge in [-0.3, -0.25) is 0 Å². The van der Waals surface area contributed by atoms with E-state index in [1.165, 1.54) is 0 Å². The van der Waals surface area contributed by atoms with E-state index in [0.29, 0.717) is 11.1 Å². The van der Waals surface area contributed by atoms with Gasteiger partial charge < -0.3 is 10.8 Å². The summed E-state index contributed by atoms with van der Waals surface area (Å²) in [6.45, 7) is 1.07. The largest absolute Gasteiger partial charge is 0.507 e. The molecule has 13 heavy (non-hydrogen) atoms. The van der Waals surface area contributed by atoms with Crippen LogP contribution < -0.4 is 5.73 Å². The maximum absolute atomic E-state index is 12.3. The molecule has 72 valence electrons. The van der Waals surface area contributed by atoms with E-state index in [2.05, 4.69) is 15.9 Å². The molecule has 0 spiro atoms. The highest BCUT2D eigenvalue weighted by Gasteiger charge is 2.13. The van der Waals surface area contributed by atoms with E-state index in [1.54, 1.807) is 19.1 Å². The molecule has 0 aliphatic carbocycles. The van der Waals surface area contributed by atoms with E-state index in [0.717, 1.165) is 4.47 Å². The standard InChI is InChI=1S/C9H11BrFNO/c1-5-2-6(10)3-7(9(5)13)8(12)4-11/h2-3,8,13H,4,12H2,1H3/t8-/m1/s1. The third-order valence-electron chi connectivity index (χ3n) is 1.86. The molecule has 1 aromatic carbocycles. The van der Waals surface area contributed by atoms with Gasteiger partial charge in [-0.05, 0) is 24.6 Å². The van der Waals surface area contributed by atoms with Crippen LogP contribution in [-0.4, -0.2) is 11.8 Å². The third kappa shape index (κ3) is 2.19. The highest BCUT2D eigenvalue weighted by atomic mass is 79.9. The Morgan fingerprint density at radius 3 is 2.77 bits per heavy atom. The minimum absolute atomic E-state index is 0.0772. The predicted octanol–water partition coefficient (Wildman–Crippen LogP) is 2.43. The number of halogens is 2. The van der Waals surface area contributed by atoms with Gasteiger partial charge in [0, 0.05) is 10.0 Å². The molecule has 1 atom stereocenters. The van der Waals surface area contributed by atoms with E-state index < -0.39 is 12.7 Å². The number of benzene rings is 1. The molecule has 0 fully saturated rings. The quantitative estimate of drug-likeness (QED) is 0.844. The Kier molecular flexibility index (Phi) is 3.27. The first-order valence-corrected chi connectivity index (χ1v) is 4.66. The summed E-state index contributed by atoms with van der Waals surface area (Å²) in [6.07, 6.45) is 0. The molecular weight excluding hydrogens is 237 g/mol. The second kappa shape index (κ2) is 4.07. The second-order valence-electron chi connectivity index (χ2n) is 2.92. The van der Waals surface area contributed by atoms with Gasteiger partial charge in [-0.1, -0.05) is 15.9 Å². The number of phenolic OH excluding ortho intramolecular Hbond substituents is 1. The number of alkyl halides is 1. The summed E-state index contributed by atoms with van der Waals surface area (Å²) >= 11 is 3.26. The summed E-state index contributed by atoms with van der Waals surface area (Å²) in [6, 6.07) is 2.63. The zero-order valence-corrected chi connectivity index (χ0v) is 8.81. The molecule has 4 heteroatoms. The fourth-order valence-electron chi connectivity index (χ4n) is 1.13. The van der Waals surface area contributed by atoms with Crippen LogP contribution >= 0.6 is 15.9 Å². The van der Waals surface area contributed by atoms with Gasteiger partial charge in [0.25, 0.3) is 0 Å². The lowest BCUT2D eigenvalue weighted by molar-refractivity contribution is 0.413. The summed E-state index contributed by atoms with van der Waals surface area (Å²) in [5, 5.41) is 9.56. The van der Waals surface area contributed by atoms with Crippen molar-refractivity contribution in [3.05, 3.63) is 27.7 Å². The van der Waals surface area contributed by atoms with Crippen molar-refractivity contribution in [3.8, 4) is 5.75 Å². The highest BCUT2D eigenvalue weighted by Crippen LogP contribution is 2.30. The summed E-state index contributed by atoms with van der Waals surface area (Å²) in [5.41, 5.74) is 6.60. The molecule has 1 aromatic rings. The number of hydrogen-bond donors (Lipinski definition) is 2. The molecule has 0 saturated heterocycles. The average molecular weight is 248 g/mol. The average Bonchev–Trinajstić information content (AvgIpc) is 2.10.